The van der Waals surface area contributed by atoms with E-state index in [2.05, 4.69) is 58.9 Å². The molecule has 5 nitrogen and oxygen atoms in total. The predicted octanol–water partition coefficient (Wildman–Crippen LogP) is 6.80. The summed E-state index contributed by atoms with van der Waals surface area (Å²) in [5.41, 5.74) is 10.3. The van der Waals surface area contributed by atoms with E-state index in [0.717, 1.165) is 46.8 Å². The predicted molar refractivity (Wildman–Crippen MR) is 146 cm³/mol. The van der Waals surface area contributed by atoms with Gasteiger partial charge in [0.15, 0.2) is 5.78 Å². The van der Waals surface area contributed by atoms with E-state index in [1.807, 2.05) is 4.90 Å². The maximum Gasteiger partial charge on any atom is 0.162 e. The zero-order valence-corrected chi connectivity index (χ0v) is 23.3. The molecule has 2 aromatic rings. The molecule has 36 heavy (non-hydrogen) atoms. The van der Waals surface area contributed by atoms with Gasteiger partial charge in [-0.25, -0.2) is 0 Å². The van der Waals surface area contributed by atoms with Gasteiger partial charge in [-0.2, -0.15) is 10.5 Å². The van der Waals surface area contributed by atoms with Gasteiger partial charge in [-0.1, -0.05) is 34.6 Å². The molecule has 1 atom stereocenters. The number of carbonyl (C=O) groups is 1. The van der Waals surface area contributed by atoms with Crippen LogP contribution in [0.3, 0.4) is 0 Å². The summed E-state index contributed by atoms with van der Waals surface area (Å²) in [6, 6.07) is 8.99. The van der Waals surface area contributed by atoms with Crippen LogP contribution >= 0.6 is 22.7 Å². The minimum absolute atomic E-state index is 0.0286. The van der Waals surface area contributed by atoms with E-state index in [1.165, 1.54) is 9.75 Å². The Labute approximate surface area is 221 Å². The fourth-order valence-corrected chi connectivity index (χ4v) is 8.32. The van der Waals surface area contributed by atoms with E-state index in [9.17, 15) is 15.3 Å². The van der Waals surface area contributed by atoms with Gasteiger partial charge < -0.3 is 5.73 Å². The lowest BCUT2D eigenvalue weighted by molar-refractivity contribution is -0.118. The molecular formula is C29H32N4OS2. The van der Waals surface area contributed by atoms with Crippen molar-refractivity contribution in [1.29, 1.82) is 10.5 Å². The number of anilines is 1. The van der Waals surface area contributed by atoms with Crippen molar-refractivity contribution in [3.63, 3.8) is 0 Å². The fourth-order valence-electron chi connectivity index (χ4n) is 5.76. The number of nitrogens with two attached hydrogens (primary N) is 1. The first kappa shape index (κ1) is 24.8. The molecule has 2 N–H and O–H groups in total. The standard InChI is InChI=1S/C29H32N4OS2/c1-28(2,3)23-11-10-22(35-23)24-18(15-31)26(32)33(19-12-29(4,5)13-20(34)25(19)24)27-17(14-30)16-8-6-7-9-21(16)36-27/h10-11,24H,6-9,12-13,32H2,1-5H3/t24-/m0/s1. The van der Waals surface area contributed by atoms with Crippen LogP contribution in [0.25, 0.3) is 0 Å². The van der Waals surface area contributed by atoms with E-state index in [-0.39, 0.29) is 16.6 Å². The normalized spacial score (nSPS) is 21.7. The van der Waals surface area contributed by atoms with E-state index in [4.69, 9.17) is 5.73 Å². The van der Waals surface area contributed by atoms with Crippen LogP contribution in [0.2, 0.25) is 0 Å². The average Bonchev–Trinajstić information content (AvgIpc) is 3.42. The van der Waals surface area contributed by atoms with Gasteiger partial charge in [-0.3, -0.25) is 9.69 Å². The topological polar surface area (TPSA) is 93.9 Å². The summed E-state index contributed by atoms with van der Waals surface area (Å²) in [4.78, 5) is 19.1. The van der Waals surface area contributed by atoms with Crippen LogP contribution in [0.5, 0.6) is 0 Å². The average molecular weight is 517 g/mol. The highest BCUT2D eigenvalue weighted by Crippen LogP contribution is 2.53. The third-order valence-corrected chi connectivity index (χ3v) is 10.4. The van der Waals surface area contributed by atoms with Crippen molar-refractivity contribution in [3.05, 3.63) is 60.6 Å². The van der Waals surface area contributed by atoms with Crippen molar-refractivity contribution in [2.75, 3.05) is 4.90 Å². The molecule has 186 valence electrons. The first-order chi connectivity index (χ1) is 17.0. The molecule has 2 aromatic heterocycles. The second kappa shape index (κ2) is 8.61. The Morgan fingerprint density at radius 2 is 1.81 bits per heavy atom. The second-order valence-electron chi connectivity index (χ2n) is 11.9. The maximum atomic E-state index is 13.8. The van der Waals surface area contributed by atoms with Crippen LogP contribution in [0, 0.1) is 28.1 Å². The summed E-state index contributed by atoms with van der Waals surface area (Å²) in [6.45, 7) is 10.7. The molecule has 1 aliphatic heterocycles. The zero-order chi connectivity index (χ0) is 26.0. The number of rotatable bonds is 2. The molecule has 7 heteroatoms. The van der Waals surface area contributed by atoms with E-state index in [0.29, 0.717) is 35.4 Å². The van der Waals surface area contributed by atoms with E-state index in [1.54, 1.807) is 22.7 Å². The highest BCUT2D eigenvalue weighted by molar-refractivity contribution is 7.16. The van der Waals surface area contributed by atoms with Crippen LogP contribution in [0.15, 0.2) is 34.8 Å². The van der Waals surface area contributed by atoms with Gasteiger partial charge >= 0.3 is 0 Å². The smallest absolute Gasteiger partial charge is 0.162 e. The number of carbonyl (C=O) groups excluding carboxylic acids is 1. The summed E-state index contributed by atoms with van der Waals surface area (Å²) >= 11 is 3.26. The molecule has 0 radical (unpaired) electrons. The Morgan fingerprint density at radius 3 is 2.44 bits per heavy atom. The monoisotopic (exact) mass is 516 g/mol. The molecule has 0 bridgehead atoms. The third kappa shape index (κ3) is 3.90. The van der Waals surface area contributed by atoms with Crippen LogP contribution in [0.1, 0.15) is 92.0 Å². The van der Waals surface area contributed by atoms with Crippen LogP contribution < -0.4 is 10.6 Å². The lowest BCUT2D eigenvalue weighted by Crippen LogP contribution is -2.42. The summed E-state index contributed by atoms with van der Waals surface area (Å²) < 4.78 is 0. The van der Waals surface area contributed by atoms with Crippen molar-refractivity contribution < 1.29 is 4.79 Å². The van der Waals surface area contributed by atoms with Gasteiger partial charge in [0.1, 0.15) is 16.9 Å². The number of Topliss-reactive ketones (excluding diaryl/α,β-unsaturated/α-hetero) is 1. The van der Waals surface area contributed by atoms with Crippen molar-refractivity contribution in [2.24, 2.45) is 11.1 Å². The molecule has 3 aliphatic rings. The number of hydrogen-bond donors (Lipinski definition) is 1. The Morgan fingerprint density at radius 1 is 1.08 bits per heavy atom. The Kier molecular flexibility index (Phi) is 5.93. The van der Waals surface area contributed by atoms with Crippen molar-refractivity contribution >= 4 is 33.5 Å². The quantitative estimate of drug-likeness (QED) is 0.474. The van der Waals surface area contributed by atoms with Gasteiger partial charge in [0, 0.05) is 32.3 Å². The summed E-state index contributed by atoms with van der Waals surface area (Å²) in [7, 11) is 0. The Balaban J connectivity index is 1.77. The van der Waals surface area contributed by atoms with Gasteiger partial charge in [0.05, 0.1) is 23.1 Å². The number of fused-ring (bicyclic) bond motifs is 1. The van der Waals surface area contributed by atoms with E-state index >= 15 is 0 Å². The van der Waals surface area contributed by atoms with Crippen LogP contribution in [-0.4, -0.2) is 5.78 Å². The minimum atomic E-state index is -0.467. The molecule has 0 unspecified atom stereocenters. The molecule has 0 spiro atoms. The number of allylic oxidation sites excluding steroid dienone is 3. The summed E-state index contributed by atoms with van der Waals surface area (Å²) in [6.07, 6.45) is 5.13. The number of nitriles is 2. The molecular weight excluding hydrogens is 484 g/mol. The molecule has 0 fully saturated rings. The highest BCUT2D eigenvalue weighted by atomic mass is 32.1. The van der Waals surface area contributed by atoms with Gasteiger partial charge in [0.2, 0.25) is 0 Å². The largest absolute Gasteiger partial charge is 0.384 e. The van der Waals surface area contributed by atoms with Gasteiger partial charge in [-0.05, 0) is 60.6 Å². The number of ketones is 1. The van der Waals surface area contributed by atoms with Gasteiger partial charge in [0.25, 0.3) is 0 Å². The number of nitrogens with zero attached hydrogens (tertiary/aromatic N) is 3. The minimum Gasteiger partial charge on any atom is -0.384 e. The molecule has 0 amide bonds. The maximum absolute atomic E-state index is 13.8. The molecule has 0 saturated heterocycles. The first-order valence-corrected chi connectivity index (χ1v) is 14.2. The van der Waals surface area contributed by atoms with Crippen LogP contribution in [-0.2, 0) is 23.1 Å². The van der Waals surface area contributed by atoms with Crippen molar-refractivity contribution in [2.45, 2.75) is 84.5 Å². The lowest BCUT2D eigenvalue weighted by Gasteiger charge is -2.43. The molecule has 3 heterocycles. The molecule has 2 aliphatic carbocycles. The van der Waals surface area contributed by atoms with Crippen LogP contribution in [0.4, 0.5) is 5.00 Å². The SMILES string of the molecule is CC1(C)CC(=O)C2=C(C1)N(c1sc3c(c1C#N)CCCC3)C(N)=C(C#N)[C@H]2c1ccc(C(C)(C)C)s1. The fraction of sp³-hybridized carbons (Fsp3) is 0.483. The van der Waals surface area contributed by atoms with Crippen molar-refractivity contribution in [1.82, 2.24) is 0 Å². The second-order valence-corrected chi connectivity index (χ2v) is 14.1. The number of aryl methyl sites for hydroxylation is 1. The van der Waals surface area contributed by atoms with E-state index < -0.39 is 5.92 Å². The molecule has 0 saturated carbocycles. The number of hydrogen-bond acceptors (Lipinski definition) is 7. The van der Waals surface area contributed by atoms with Gasteiger partial charge in [-0.15, -0.1) is 22.7 Å². The highest BCUT2D eigenvalue weighted by Gasteiger charge is 2.46. The molecule has 5 rings (SSSR count). The summed E-state index contributed by atoms with van der Waals surface area (Å²) in [5.74, 6) is -0.0411. The first-order valence-electron chi connectivity index (χ1n) is 12.6. The summed E-state index contributed by atoms with van der Waals surface area (Å²) in [5, 5.41) is 21.3. The Hall–Kier alpha value is -2.87. The molecule has 0 aromatic carbocycles. The number of thiophene rings is 2. The third-order valence-electron chi connectivity index (χ3n) is 7.50. The van der Waals surface area contributed by atoms with Crippen molar-refractivity contribution in [3.8, 4) is 12.1 Å². The lowest BCUT2D eigenvalue weighted by atomic mass is 9.70. The zero-order valence-electron chi connectivity index (χ0n) is 21.6. The Bertz CT molecular complexity index is 1410.